The first-order valence-corrected chi connectivity index (χ1v) is 8.24. The standard InChI is InChI=1S/C13H13ClFNO5S/c1-21-13(18)9-3-10(14)5-11(4-9)16-6-8(2-12(16)17)7-22(15,19)20/h3-5,8H,2,6-7H2,1H3. The number of methoxy groups -OCH3 is 1. The SMILES string of the molecule is COC(=O)c1cc(Cl)cc(N2CC(CS(=O)(=O)F)CC2=O)c1. The summed E-state index contributed by atoms with van der Waals surface area (Å²) in [4.78, 5) is 24.8. The van der Waals surface area contributed by atoms with E-state index in [2.05, 4.69) is 4.74 Å². The molecule has 0 spiro atoms. The van der Waals surface area contributed by atoms with Gasteiger partial charge in [0.05, 0.1) is 18.4 Å². The van der Waals surface area contributed by atoms with Gasteiger partial charge in [0.15, 0.2) is 0 Å². The van der Waals surface area contributed by atoms with Crippen molar-refractivity contribution in [1.82, 2.24) is 0 Å². The van der Waals surface area contributed by atoms with Gasteiger partial charge in [0.1, 0.15) is 0 Å². The number of esters is 1. The van der Waals surface area contributed by atoms with Crippen molar-refractivity contribution >= 4 is 39.4 Å². The molecule has 0 bridgehead atoms. The number of ether oxygens (including phenoxy) is 1. The Kier molecular flexibility index (Phi) is 4.72. The Balaban J connectivity index is 2.27. The van der Waals surface area contributed by atoms with Gasteiger partial charge in [-0.3, -0.25) is 4.79 Å². The van der Waals surface area contributed by atoms with Crippen molar-refractivity contribution < 1.29 is 26.6 Å². The average Bonchev–Trinajstić information content (AvgIpc) is 2.75. The summed E-state index contributed by atoms with van der Waals surface area (Å²) in [5.74, 6) is -2.31. The molecule has 1 atom stereocenters. The van der Waals surface area contributed by atoms with Crippen molar-refractivity contribution in [1.29, 1.82) is 0 Å². The minimum atomic E-state index is -4.65. The molecule has 0 N–H and O–H groups in total. The lowest BCUT2D eigenvalue weighted by Crippen LogP contribution is -2.25. The van der Waals surface area contributed by atoms with E-state index in [1.54, 1.807) is 0 Å². The summed E-state index contributed by atoms with van der Waals surface area (Å²) < 4.78 is 38.7. The van der Waals surface area contributed by atoms with Crippen LogP contribution in [0, 0.1) is 5.92 Å². The fraction of sp³-hybridized carbons (Fsp3) is 0.385. The van der Waals surface area contributed by atoms with Crippen molar-refractivity contribution in [3.8, 4) is 0 Å². The van der Waals surface area contributed by atoms with Gasteiger partial charge in [-0.25, -0.2) is 4.79 Å². The van der Waals surface area contributed by atoms with E-state index in [1.807, 2.05) is 0 Å². The second kappa shape index (κ2) is 6.21. The zero-order chi connectivity index (χ0) is 16.5. The van der Waals surface area contributed by atoms with Gasteiger partial charge in [-0.2, -0.15) is 8.42 Å². The average molecular weight is 350 g/mol. The molecule has 1 saturated heterocycles. The van der Waals surface area contributed by atoms with Crippen LogP contribution < -0.4 is 4.90 Å². The molecule has 1 unspecified atom stereocenters. The van der Waals surface area contributed by atoms with Crippen LogP contribution in [0.5, 0.6) is 0 Å². The maximum atomic E-state index is 12.7. The molecule has 0 aromatic heterocycles. The summed E-state index contributed by atoms with van der Waals surface area (Å²) in [7, 11) is -3.44. The second-order valence-electron chi connectivity index (χ2n) is 4.97. The van der Waals surface area contributed by atoms with Gasteiger partial charge in [0.2, 0.25) is 5.91 Å². The molecule has 1 amide bonds. The van der Waals surface area contributed by atoms with E-state index in [-0.39, 0.29) is 29.5 Å². The van der Waals surface area contributed by atoms with Gasteiger partial charge in [-0.05, 0) is 18.2 Å². The smallest absolute Gasteiger partial charge is 0.337 e. The van der Waals surface area contributed by atoms with E-state index in [4.69, 9.17) is 11.6 Å². The quantitative estimate of drug-likeness (QED) is 0.611. The summed E-state index contributed by atoms with van der Waals surface area (Å²) in [5, 5.41) is 0.229. The Labute approximate surface area is 132 Å². The normalized spacial score (nSPS) is 18.6. The minimum absolute atomic E-state index is 0.0446. The van der Waals surface area contributed by atoms with Gasteiger partial charge in [0.25, 0.3) is 0 Å². The third-order valence-electron chi connectivity index (χ3n) is 3.26. The van der Waals surface area contributed by atoms with Gasteiger partial charge in [0, 0.05) is 29.6 Å². The van der Waals surface area contributed by atoms with E-state index in [0.29, 0.717) is 5.69 Å². The first-order valence-electron chi connectivity index (χ1n) is 6.31. The molecule has 0 aliphatic carbocycles. The zero-order valence-electron chi connectivity index (χ0n) is 11.6. The first kappa shape index (κ1) is 16.7. The molecule has 0 radical (unpaired) electrons. The molecule has 1 aliphatic heterocycles. The Hall–Kier alpha value is -1.67. The lowest BCUT2D eigenvalue weighted by Gasteiger charge is -2.17. The summed E-state index contributed by atoms with van der Waals surface area (Å²) in [5.41, 5.74) is 0.510. The number of halogens is 2. The molecule has 9 heteroatoms. The van der Waals surface area contributed by atoms with E-state index in [0.717, 1.165) is 0 Å². The van der Waals surface area contributed by atoms with Crippen LogP contribution in [-0.2, 0) is 19.8 Å². The predicted molar refractivity (Wildman–Crippen MR) is 78.1 cm³/mol. The Morgan fingerprint density at radius 1 is 1.45 bits per heavy atom. The molecule has 22 heavy (non-hydrogen) atoms. The lowest BCUT2D eigenvalue weighted by molar-refractivity contribution is -0.117. The first-order chi connectivity index (χ1) is 10.2. The Morgan fingerprint density at radius 3 is 2.73 bits per heavy atom. The van der Waals surface area contributed by atoms with E-state index >= 15 is 0 Å². The highest BCUT2D eigenvalue weighted by atomic mass is 35.5. The van der Waals surface area contributed by atoms with Crippen LogP contribution in [0.3, 0.4) is 0 Å². The highest BCUT2D eigenvalue weighted by molar-refractivity contribution is 7.86. The van der Waals surface area contributed by atoms with Crippen molar-refractivity contribution in [2.24, 2.45) is 5.92 Å². The van der Waals surface area contributed by atoms with E-state index in [9.17, 15) is 21.9 Å². The van der Waals surface area contributed by atoms with Crippen LogP contribution in [0.25, 0.3) is 0 Å². The Bertz CT molecular complexity index is 721. The van der Waals surface area contributed by atoms with Crippen LogP contribution in [0.2, 0.25) is 5.02 Å². The molecule has 0 saturated carbocycles. The van der Waals surface area contributed by atoms with Crippen LogP contribution >= 0.6 is 11.6 Å². The molecule has 2 rings (SSSR count). The summed E-state index contributed by atoms with van der Waals surface area (Å²) >= 11 is 5.92. The number of carbonyl (C=O) groups is 2. The third-order valence-corrected chi connectivity index (χ3v) is 4.34. The zero-order valence-corrected chi connectivity index (χ0v) is 13.2. The van der Waals surface area contributed by atoms with Crippen molar-refractivity contribution in [3.63, 3.8) is 0 Å². The number of nitrogens with zero attached hydrogens (tertiary/aromatic N) is 1. The van der Waals surface area contributed by atoms with Crippen molar-refractivity contribution in [2.45, 2.75) is 6.42 Å². The van der Waals surface area contributed by atoms with Crippen LogP contribution in [0.1, 0.15) is 16.8 Å². The highest BCUT2D eigenvalue weighted by Gasteiger charge is 2.34. The van der Waals surface area contributed by atoms with Crippen molar-refractivity contribution in [2.75, 3.05) is 24.3 Å². The van der Waals surface area contributed by atoms with Crippen LogP contribution in [0.4, 0.5) is 9.57 Å². The highest BCUT2D eigenvalue weighted by Crippen LogP contribution is 2.29. The molecular formula is C13H13ClFNO5S. The number of hydrogen-bond donors (Lipinski definition) is 0. The number of carbonyl (C=O) groups excluding carboxylic acids is 2. The van der Waals surface area contributed by atoms with Crippen LogP contribution in [-0.4, -0.2) is 39.7 Å². The molecule has 1 aliphatic rings. The van der Waals surface area contributed by atoms with E-state index in [1.165, 1.54) is 30.2 Å². The molecular weight excluding hydrogens is 337 g/mol. The summed E-state index contributed by atoms with van der Waals surface area (Å²) in [6.07, 6.45) is -0.0801. The monoisotopic (exact) mass is 349 g/mol. The van der Waals surface area contributed by atoms with Gasteiger partial charge in [-0.15, -0.1) is 3.89 Å². The maximum Gasteiger partial charge on any atom is 0.337 e. The van der Waals surface area contributed by atoms with Gasteiger partial charge >= 0.3 is 16.2 Å². The second-order valence-corrected chi connectivity index (χ2v) is 6.82. The fourth-order valence-corrected chi connectivity index (χ4v) is 3.41. The predicted octanol–water partition coefficient (Wildman–Crippen LogP) is 1.78. The number of benzene rings is 1. The summed E-state index contributed by atoms with van der Waals surface area (Å²) in [6, 6.07) is 4.28. The third kappa shape index (κ3) is 3.95. The number of amides is 1. The molecule has 1 aromatic carbocycles. The fourth-order valence-electron chi connectivity index (χ4n) is 2.39. The lowest BCUT2D eigenvalue weighted by atomic mass is 10.1. The topological polar surface area (TPSA) is 80.8 Å². The largest absolute Gasteiger partial charge is 0.465 e. The Morgan fingerprint density at radius 2 is 2.14 bits per heavy atom. The van der Waals surface area contributed by atoms with Crippen LogP contribution in [0.15, 0.2) is 18.2 Å². The number of anilines is 1. The molecule has 1 fully saturated rings. The summed E-state index contributed by atoms with van der Waals surface area (Å²) in [6.45, 7) is 0.0446. The number of rotatable bonds is 4. The van der Waals surface area contributed by atoms with Crippen molar-refractivity contribution in [3.05, 3.63) is 28.8 Å². The molecule has 6 nitrogen and oxygen atoms in total. The molecule has 120 valence electrons. The molecule has 1 heterocycles. The molecule has 1 aromatic rings. The number of hydrogen-bond acceptors (Lipinski definition) is 5. The van der Waals surface area contributed by atoms with Gasteiger partial charge < -0.3 is 9.64 Å². The minimum Gasteiger partial charge on any atom is -0.465 e. The van der Waals surface area contributed by atoms with Gasteiger partial charge in [-0.1, -0.05) is 11.6 Å². The van der Waals surface area contributed by atoms with E-state index < -0.39 is 27.9 Å². The maximum absolute atomic E-state index is 12.7.